The van der Waals surface area contributed by atoms with E-state index in [4.69, 9.17) is 5.73 Å². The Bertz CT molecular complexity index is 342. The van der Waals surface area contributed by atoms with Crippen LogP contribution in [0.15, 0.2) is 12.5 Å². The zero-order chi connectivity index (χ0) is 10.8. The molecule has 0 bridgehead atoms. The molecule has 0 atom stereocenters. The van der Waals surface area contributed by atoms with Crippen LogP contribution in [0.4, 0.5) is 13.2 Å². The number of imidazole rings is 1. The largest absolute Gasteiger partial charge is 1.00 e. The number of Topliss-reactive ketones (excluding diaryl/α,β-unsaturated/α-hetero) is 1. The van der Waals surface area contributed by atoms with Crippen LogP contribution in [0.2, 0.25) is 0 Å². The quantitative estimate of drug-likeness (QED) is 0.608. The van der Waals surface area contributed by atoms with E-state index < -0.39 is 18.5 Å². The molecule has 0 saturated heterocycles. The first-order chi connectivity index (χ1) is 6.44. The van der Waals surface area contributed by atoms with Crippen LogP contribution in [-0.4, -0.2) is 28.1 Å². The fourth-order valence-electron chi connectivity index (χ4n) is 0.977. The molecule has 0 unspecified atom stereocenters. The highest BCUT2D eigenvalue weighted by atomic mass is 35.5. The summed E-state index contributed by atoms with van der Waals surface area (Å²) in [7, 11) is 0. The van der Waals surface area contributed by atoms with Crippen molar-refractivity contribution in [2.75, 3.05) is 6.54 Å². The van der Waals surface area contributed by atoms with E-state index in [1.54, 1.807) is 0 Å². The second-order valence-electron chi connectivity index (χ2n) is 2.65. The van der Waals surface area contributed by atoms with Gasteiger partial charge in [-0.15, -0.1) is 0 Å². The monoisotopic (exact) mass is 243 g/mol. The molecule has 0 aliphatic carbocycles. The minimum atomic E-state index is -4.37. The van der Waals surface area contributed by atoms with Gasteiger partial charge in [0.1, 0.15) is 12.2 Å². The van der Waals surface area contributed by atoms with Crippen LogP contribution in [0.25, 0.3) is 0 Å². The number of rotatable bonds is 3. The molecule has 0 fully saturated rings. The van der Waals surface area contributed by atoms with E-state index in [1.807, 2.05) is 0 Å². The van der Waals surface area contributed by atoms with E-state index in [9.17, 15) is 18.0 Å². The smallest absolute Gasteiger partial charge is 1.00 e. The highest BCUT2D eigenvalue weighted by Crippen LogP contribution is 2.18. The molecule has 1 aromatic heterocycles. The Hall–Kier alpha value is -1.08. The lowest BCUT2D eigenvalue weighted by Gasteiger charge is -2.09. The highest BCUT2D eigenvalue weighted by Gasteiger charge is 2.29. The van der Waals surface area contributed by atoms with Crippen LogP contribution < -0.4 is 18.1 Å². The van der Waals surface area contributed by atoms with E-state index in [0.29, 0.717) is 0 Å². The Morgan fingerprint density at radius 1 is 1.60 bits per heavy atom. The lowest BCUT2D eigenvalue weighted by molar-refractivity contribution is -0.140. The van der Waals surface area contributed by atoms with E-state index in [-0.39, 0.29) is 26.1 Å². The molecule has 86 valence electrons. The molecule has 1 aromatic rings. The van der Waals surface area contributed by atoms with Crippen LogP contribution in [-0.2, 0) is 6.54 Å². The van der Waals surface area contributed by atoms with Crippen molar-refractivity contribution in [2.24, 2.45) is 5.73 Å². The first kappa shape index (κ1) is 13.9. The topological polar surface area (TPSA) is 60.9 Å². The summed E-state index contributed by atoms with van der Waals surface area (Å²) in [5, 5.41) is 0. The highest BCUT2D eigenvalue weighted by molar-refractivity contribution is 5.95. The Kier molecular flexibility index (Phi) is 4.76. The van der Waals surface area contributed by atoms with Crippen LogP contribution in [0.1, 0.15) is 11.9 Å². The predicted molar refractivity (Wildman–Crippen MR) is 42.8 cm³/mol. The molecular formula is C7H9ClF3N3O. The van der Waals surface area contributed by atoms with E-state index >= 15 is 0 Å². The van der Waals surface area contributed by atoms with Gasteiger partial charge in [0.25, 0.3) is 0 Å². The molecule has 0 aliphatic rings. The summed E-state index contributed by atoms with van der Waals surface area (Å²) in [6, 6.07) is 0. The maximum atomic E-state index is 12.0. The standard InChI is InChI=1S/C7H8F3N3O.ClH/c8-7(9,10)3-13-4-12-2-5(13)6(14)1-11;/h2,4H,1,3,11H2;1H. The number of carbonyl (C=O) groups is 1. The lowest BCUT2D eigenvalue weighted by Crippen LogP contribution is -3.00. The number of halogens is 4. The van der Waals surface area contributed by atoms with Gasteiger partial charge in [0.2, 0.25) is 0 Å². The van der Waals surface area contributed by atoms with Gasteiger partial charge in [-0.25, -0.2) is 4.98 Å². The second-order valence-corrected chi connectivity index (χ2v) is 2.65. The fraction of sp³-hybridized carbons (Fsp3) is 0.429. The summed E-state index contributed by atoms with van der Waals surface area (Å²) >= 11 is 0. The first-order valence-corrected chi connectivity index (χ1v) is 3.74. The summed E-state index contributed by atoms with van der Waals surface area (Å²) < 4.78 is 36.7. The zero-order valence-corrected chi connectivity index (χ0v) is 8.22. The Morgan fingerprint density at radius 3 is 2.67 bits per heavy atom. The van der Waals surface area contributed by atoms with Gasteiger partial charge in [0.05, 0.1) is 19.1 Å². The van der Waals surface area contributed by atoms with Crippen LogP contribution in [0.3, 0.4) is 0 Å². The van der Waals surface area contributed by atoms with Gasteiger partial charge in [-0.1, -0.05) is 0 Å². The molecule has 0 aliphatic heterocycles. The van der Waals surface area contributed by atoms with Crippen molar-refractivity contribution in [3.63, 3.8) is 0 Å². The zero-order valence-electron chi connectivity index (χ0n) is 8.46. The number of carbonyl (C=O) groups excluding carboxylic acids is 1. The predicted octanol–water partition coefficient (Wildman–Crippen LogP) is -2.30. The van der Waals surface area contributed by atoms with Crippen molar-refractivity contribution in [2.45, 2.75) is 12.7 Å². The summed E-state index contributed by atoms with van der Waals surface area (Å²) in [6.45, 7) is -1.56. The Morgan fingerprint density at radius 2 is 2.20 bits per heavy atom. The van der Waals surface area contributed by atoms with Crippen molar-refractivity contribution in [1.82, 2.24) is 9.55 Å². The average Bonchev–Trinajstić information content (AvgIpc) is 2.48. The number of aromatic nitrogens is 2. The number of hydrogen-bond donors (Lipinski definition) is 1. The minimum absolute atomic E-state index is 0. The van der Waals surface area contributed by atoms with Crippen molar-refractivity contribution in [1.29, 1.82) is 0 Å². The SMILES string of the molecule is NCC(=O)c1cncn1CC(F)(F)F.[Cl-].[H+]. The summed E-state index contributed by atoms with van der Waals surface area (Å²) in [5.41, 5.74) is 4.90. The van der Waals surface area contributed by atoms with Gasteiger partial charge in [0.15, 0.2) is 5.78 Å². The molecule has 2 N–H and O–H groups in total. The number of ketones is 1. The first-order valence-electron chi connectivity index (χ1n) is 3.74. The molecule has 8 heteroatoms. The van der Waals surface area contributed by atoms with Crippen LogP contribution in [0, 0.1) is 0 Å². The molecule has 1 heterocycles. The van der Waals surface area contributed by atoms with E-state index in [0.717, 1.165) is 17.1 Å². The maximum Gasteiger partial charge on any atom is 1.00 e. The average molecular weight is 244 g/mol. The van der Waals surface area contributed by atoms with E-state index in [2.05, 4.69) is 4.98 Å². The summed E-state index contributed by atoms with van der Waals surface area (Å²) in [4.78, 5) is 14.5. The fourth-order valence-corrected chi connectivity index (χ4v) is 0.977. The molecule has 0 radical (unpaired) electrons. The molecule has 0 aromatic carbocycles. The van der Waals surface area contributed by atoms with Gasteiger partial charge >= 0.3 is 7.60 Å². The van der Waals surface area contributed by atoms with Crippen molar-refractivity contribution < 1.29 is 31.8 Å². The van der Waals surface area contributed by atoms with Gasteiger partial charge in [-0.3, -0.25) is 4.79 Å². The molecule has 0 amide bonds. The normalized spacial score (nSPS) is 10.9. The molecule has 1 rings (SSSR count). The maximum absolute atomic E-state index is 12.0. The second kappa shape index (κ2) is 5.13. The number of alkyl halides is 3. The lowest BCUT2D eigenvalue weighted by atomic mass is 10.3. The third kappa shape index (κ3) is 3.88. The Balaban J connectivity index is 0. The Labute approximate surface area is 91.2 Å². The molecule has 4 nitrogen and oxygen atoms in total. The van der Waals surface area contributed by atoms with Gasteiger partial charge < -0.3 is 22.7 Å². The van der Waals surface area contributed by atoms with Crippen LogP contribution in [0.5, 0.6) is 0 Å². The third-order valence-corrected chi connectivity index (χ3v) is 1.53. The number of nitrogens with zero attached hydrogens (tertiary/aromatic N) is 2. The van der Waals surface area contributed by atoms with Gasteiger partial charge in [-0.2, -0.15) is 13.2 Å². The van der Waals surface area contributed by atoms with Crippen molar-refractivity contribution >= 4 is 5.78 Å². The van der Waals surface area contributed by atoms with Crippen molar-refractivity contribution in [3.05, 3.63) is 18.2 Å². The molecule has 0 spiro atoms. The summed E-state index contributed by atoms with van der Waals surface area (Å²) in [6.07, 6.45) is -2.35. The number of hydrogen-bond acceptors (Lipinski definition) is 3. The summed E-state index contributed by atoms with van der Waals surface area (Å²) in [5.74, 6) is -0.563. The molecule has 0 saturated carbocycles. The van der Waals surface area contributed by atoms with Crippen LogP contribution >= 0.6 is 0 Å². The molecular weight excluding hydrogens is 235 g/mol. The number of nitrogens with two attached hydrogens (primary N) is 1. The minimum Gasteiger partial charge on any atom is -1.00 e. The third-order valence-electron chi connectivity index (χ3n) is 1.53. The van der Waals surface area contributed by atoms with Gasteiger partial charge in [-0.05, 0) is 0 Å². The molecule has 15 heavy (non-hydrogen) atoms. The van der Waals surface area contributed by atoms with Gasteiger partial charge in [0, 0.05) is 0 Å². The van der Waals surface area contributed by atoms with E-state index in [1.165, 1.54) is 0 Å². The van der Waals surface area contributed by atoms with Crippen molar-refractivity contribution in [3.8, 4) is 0 Å².